The van der Waals surface area contributed by atoms with Crippen LogP contribution in [0.4, 0.5) is 0 Å². The Hall–Kier alpha value is -0.220. The van der Waals surface area contributed by atoms with Gasteiger partial charge in [-0.1, -0.05) is 20.8 Å². The Morgan fingerprint density at radius 1 is 1.50 bits per heavy atom. The lowest BCUT2D eigenvalue weighted by molar-refractivity contribution is -0.129. The van der Waals surface area contributed by atoms with Crippen LogP contribution in [0.25, 0.3) is 0 Å². The highest BCUT2D eigenvalue weighted by Crippen LogP contribution is 2.16. The maximum Gasteiger partial charge on any atom is 0.225 e. The first-order valence-electron chi connectivity index (χ1n) is 4.05. The SMILES string of the molecule is CC(C)(C)C(=O)NC1C[S+]([O-])C1. The molecule has 1 saturated heterocycles. The van der Waals surface area contributed by atoms with Crippen molar-refractivity contribution in [3.63, 3.8) is 0 Å². The van der Waals surface area contributed by atoms with Crippen LogP contribution in [0.5, 0.6) is 0 Å². The molecule has 0 atom stereocenters. The molecule has 0 bridgehead atoms. The third-order valence-electron chi connectivity index (χ3n) is 1.79. The molecule has 1 aliphatic rings. The van der Waals surface area contributed by atoms with E-state index < -0.39 is 11.2 Å². The summed E-state index contributed by atoms with van der Waals surface area (Å²) in [4.78, 5) is 11.4. The topological polar surface area (TPSA) is 52.2 Å². The first-order chi connectivity index (χ1) is 5.39. The molecule has 1 N–H and O–H groups in total. The number of rotatable bonds is 1. The minimum absolute atomic E-state index is 0.0456. The molecule has 0 aromatic heterocycles. The Balaban J connectivity index is 2.28. The van der Waals surface area contributed by atoms with Crippen molar-refractivity contribution in [1.82, 2.24) is 5.32 Å². The fraction of sp³-hybridized carbons (Fsp3) is 0.875. The minimum Gasteiger partial charge on any atom is -0.616 e. The maximum atomic E-state index is 11.4. The van der Waals surface area contributed by atoms with E-state index in [1.807, 2.05) is 20.8 Å². The van der Waals surface area contributed by atoms with Gasteiger partial charge in [0.05, 0.1) is 0 Å². The molecule has 4 heteroatoms. The number of nitrogens with one attached hydrogen (secondary N) is 1. The van der Waals surface area contributed by atoms with Crippen molar-refractivity contribution < 1.29 is 9.35 Å². The van der Waals surface area contributed by atoms with E-state index in [0.29, 0.717) is 11.5 Å². The van der Waals surface area contributed by atoms with Gasteiger partial charge in [-0.15, -0.1) is 0 Å². The van der Waals surface area contributed by atoms with E-state index >= 15 is 0 Å². The second kappa shape index (κ2) is 3.26. The lowest BCUT2D eigenvalue weighted by Crippen LogP contribution is -2.55. The Morgan fingerprint density at radius 2 is 2.00 bits per heavy atom. The molecule has 0 radical (unpaired) electrons. The van der Waals surface area contributed by atoms with Crippen LogP contribution in [-0.2, 0) is 16.0 Å². The Labute approximate surface area is 76.1 Å². The monoisotopic (exact) mass is 189 g/mol. The third kappa shape index (κ3) is 2.38. The van der Waals surface area contributed by atoms with Crippen molar-refractivity contribution in [2.45, 2.75) is 26.8 Å². The van der Waals surface area contributed by atoms with E-state index in [2.05, 4.69) is 5.32 Å². The maximum absolute atomic E-state index is 11.4. The molecule has 1 heterocycles. The predicted octanol–water partition coefficient (Wildman–Crippen LogP) is 0.280. The summed E-state index contributed by atoms with van der Waals surface area (Å²) in [6, 6.07) is 0.151. The van der Waals surface area contributed by atoms with Gasteiger partial charge < -0.3 is 9.87 Å². The molecule has 0 spiro atoms. The summed E-state index contributed by atoms with van der Waals surface area (Å²) < 4.78 is 10.7. The number of carbonyl (C=O) groups is 1. The van der Waals surface area contributed by atoms with E-state index in [4.69, 9.17) is 0 Å². The summed E-state index contributed by atoms with van der Waals surface area (Å²) in [5.74, 6) is 1.30. The van der Waals surface area contributed by atoms with Crippen molar-refractivity contribution in [2.75, 3.05) is 11.5 Å². The Bertz CT molecular complexity index is 182. The molecule has 1 aliphatic heterocycles. The van der Waals surface area contributed by atoms with E-state index in [0.717, 1.165) is 0 Å². The number of hydrogen-bond acceptors (Lipinski definition) is 2. The quantitative estimate of drug-likeness (QED) is 0.602. The van der Waals surface area contributed by atoms with Crippen LogP contribution in [-0.4, -0.2) is 28.0 Å². The largest absolute Gasteiger partial charge is 0.616 e. The molecule has 0 aromatic rings. The summed E-state index contributed by atoms with van der Waals surface area (Å²) in [6.45, 7) is 5.62. The van der Waals surface area contributed by atoms with Gasteiger partial charge in [-0.2, -0.15) is 0 Å². The van der Waals surface area contributed by atoms with Crippen LogP contribution < -0.4 is 5.32 Å². The van der Waals surface area contributed by atoms with Gasteiger partial charge in [0.15, 0.2) is 0 Å². The summed E-state index contributed by atoms with van der Waals surface area (Å²) in [6.07, 6.45) is 0. The molecule has 3 nitrogen and oxygen atoms in total. The van der Waals surface area contributed by atoms with Gasteiger partial charge in [-0.25, -0.2) is 0 Å². The van der Waals surface area contributed by atoms with Crippen LogP contribution in [0.3, 0.4) is 0 Å². The van der Waals surface area contributed by atoms with Crippen molar-refractivity contribution in [1.29, 1.82) is 0 Å². The van der Waals surface area contributed by atoms with Gasteiger partial charge in [0.25, 0.3) is 0 Å². The molecule has 1 rings (SSSR count). The van der Waals surface area contributed by atoms with Gasteiger partial charge in [-0.05, 0) is 11.2 Å². The highest BCUT2D eigenvalue weighted by atomic mass is 32.2. The minimum atomic E-state index is -0.680. The van der Waals surface area contributed by atoms with Crippen LogP contribution in [0.15, 0.2) is 0 Å². The zero-order valence-corrected chi connectivity index (χ0v) is 8.53. The molecule has 0 unspecified atom stereocenters. The van der Waals surface area contributed by atoms with Crippen LogP contribution >= 0.6 is 0 Å². The van der Waals surface area contributed by atoms with E-state index in [-0.39, 0.29) is 17.4 Å². The first kappa shape index (κ1) is 9.86. The smallest absolute Gasteiger partial charge is 0.225 e. The normalized spacial score (nSPS) is 29.3. The zero-order valence-electron chi connectivity index (χ0n) is 7.72. The van der Waals surface area contributed by atoms with E-state index in [1.165, 1.54) is 0 Å². The summed E-state index contributed by atoms with van der Waals surface area (Å²) >= 11 is -0.680. The van der Waals surface area contributed by atoms with E-state index in [9.17, 15) is 9.35 Å². The highest BCUT2D eigenvalue weighted by Gasteiger charge is 2.35. The standard InChI is InChI=1S/C8H15NO2S/c1-8(2,3)7(10)9-6-4-12(11)5-6/h6H,4-5H2,1-3H3,(H,9,10). The molecule has 1 amide bonds. The number of amides is 1. The van der Waals surface area contributed by atoms with Gasteiger partial charge in [0.2, 0.25) is 5.91 Å². The number of carbonyl (C=O) groups excluding carboxylic acids is 1. The van der Waals surface area contributed by atoms with E-state index in [1.54, 1.807) is 0 Å². The van der Waals surface area contributed by atoms with Gasteiger partial charge in [0, 0.05) is 5.41 Å². The molecule has 12 heavy (non-hydrogen) atoms. The highest BCUT2D eigenvalue weighted by molar-refractivity contribution is 7.92. The number of hydrogen-bond donors (Lipinski definition) is 1. The van der Waals surface area contributed by atoms with Gasteiger partial charge in [-0.3, -0.25) is 4.79 Å². The Morgan fingerprint density at radius 3 is 2.33 bits per heavy atom. The second-order valence-electron chi connectivity index (χ2n) is 4.19. The molecule has 1 fully saturated rings. The fourth-order valence-corrected chi connectivity index (χ4v) is 1.85. The molecule has 0 saturated carbocycles. The molecule has 70 valence electrons. The predicted molar refractivity (Wildman–Crippen MR) is 49.3 cm³/mol. The van der Waals surface area contributed by atoms with Crippen molar-refractivity contribution >= 4 is 17.1 Å². The lowest BCUT2D eigenvalue weighted by Gasteiger charge is -2.31. The first-order valence-corrected chi connectivity index (χ1v) is 5.54. The Kier molecular flexibility index (Phi) is 2.68. The zero-order chi connectivity index (χ0) is 9.35. The van der Waals surface area contributed by atoms with Gasteiger partial charge in [0.1, 0.15) is 17.5 Å². The average Bonchev–Trinajstić information content (AvgIpc) is 1.82. The molecule has 0 aliphatic carbocycles. The van der Waals surface area contributed by atoms with Crippen molar-refractivity contribution in [3.8, 4) is 0 Å². The summed E-state index contributed by atoms with van der Waals surface area (Å²) in [5, 5.41) is 2.85. The molecule has 0 aromatic carbocycles. The van der Waals surface area contributed by atoms with Crippen molar-refractivity contribution in [3.05, 3.63) is 0 Å². The summed E-state index contributed by atoms with van der Waals surface area (Å²) in [5.41, 5.74) is -0.336. The van der Waals surface area contributed by atoms with Crippen LogP contribution in [0.1, 0.15) is 20.8 Å². The third-order valence-corrected chi connectivity index (χ3v) is 3.34. The molecular weight excluding hydrogens is 174 g/mol. The molecular formula is C8H15NO2S. The fourth-order valence-electron chi connectivity index (χ4n) is 0.885. The second-order valence-corrected chi connectivity index (χ2v) is 5.74. The summed E-state index contributed by atoms with van der Waals surface area (Å²) in [7, 11) is 0. The van der Waals surface area contributed by atoms with Crippen molar-refractivity contribution in [2.24, 2.45) is 5.41 Å². The van der Waals surface area contributed by atoms with Gasteiger partial charge >= 0.3 is 0 Å². The lowest BCUT2D eigenvalue weighted by atomic mass is 9.95. The van der Waals surface area contributed by atoms with Crippen LogP contribution in [0.2, 0.25) is 0 Å². The van der Waals surface area contributed by atoms with Crippen LogP contribution in [0, 0.1) is 5.41 Å². The average molecular weight is 189 g/mol.